The zero-order valence-electron chi connectivity index (χ0n) is 8.17. The van der Waals surface area contributed by atoms with E-state index in [2.05, 4.69) is 21.2 Å². The van der Waals surface area contributed by atoms with Crippen LogP contribution in [0.1, 0.15) is 13.8 Å². The number of hydrogen-bond donors (Lipinski definition) is 2. The quantitative estimate of drug-likeness (QED) is 0.800. The van der Waals surface area contributed by atoms with Crippen LogP contribution in [-0.2, 0) is 4.79 Å². The summed E-state index contributed by atoms with van der Waals surface area (Å²) in [5.74, 6) is -0.0325. The maximum absolute atomic E-state index is 11.4. The van der Waals surface area contributed by atoms with Crippen LogP contribution in [0.4, 0.5) is 11.4 Å². The number of anilines is 2. The monoisotopic (exact) mass is 256 g/mol. The molecule has 76 valence electrons. The lowest BCUT2D eigenvalue weighted by atomic mass is 10.2. The molecule has 0 aliphatic carbocycles. The van der Waals surface area contributed by atoms with Crippen molar-refractivity contribution in [3.63, 3.8) is 0 Å². The van der Waals surface area contributed by atoms with Crippen LogP contribution < -0.4 is 11.1 Å². The Kier molecular flexibility index (Phi) is 3.52. The number of rotatable bonds is 2. The summed E-state index contributed by atoms with van der Waals surface area (Å²) >= 11 is 3.33. The largest absolute Gasteiger partial charge is 0.399 e. The molecule has 0 spiro atoms. The van der Waals surface area contributed by atoms with Crippen molar-refractivity contribution in [1.29, 1.82) is 0 Å². The molecule has 0 saturated heterocycles. The second kappa shape index (κ2) is 4.46. The fraction of sp³-hybridized carbons (Fsp3) is 0.300. The van der Waals surface area contributed by atoms with Crippen LogP contribution in [0.25, 0.3) is 0 Å². The molecule has 0 fully saturated rings. The molecule has 0 aliphatic rings. The molecular formula is C10H13BrN2O. The predicted octanol–water partition coefficient (Wildman–Crippen LogP) is 2.63. The lowest BCUT2D eigenvalue weighted by Gasteiger charge is -2.09. The number of nitrogens with one attached hydrogen (secondary N) is 1. The molecule has 0 aliphatic heterocycles. The van der Waals surface area contributed by atoms with Crippen LogP contribution in [0.15, 0.2) is 22.7 Å². The lowest BCUT2D eigenvalue weighted by Crippen LogP contribution is -2.17. The molecule has 3 nitrogen and oxygen atoms in total. The molecule has 1 rings (SSSR count). The Balaban J connectivity index is 2.82. The summed E-state index contributed by atoms with van der Waals surface area (Å²) < 4.78 is 0.798. The van der Waals surface area contributed by atoms with Gasteiger partial charge in [0.05, 0.1) is 5.69 Å². The van der Waals surface area contributed by atoms with E-state index in [9.17, 15) is 4.79 Å². The zero-order valence-corrected chi connectivity index (χ0v) is 9.76. The molecule has 3 N–H and O–H groups in total. The second-order valence-corrected chi connectivity index (χ2v) is 4.24. The number of nitrogen functional groups attached to an aromatic ring is 1. The van der Waals surface area contributed by atoms with Gasteiger partial charge in [0.2, 0.25) is 5.91 Å². The van der Waals surface area contributed by atoms with Gasteiger partial charge >= 0.3 is 0 Å². The number of amides is 1. The minimum Gasteiger partial charge on any atom is -0.399 e. The van der Waals surface area contributed by atoms with Gasteiger partial charge in [-0.3, -0.25) is 4.79 Å². The lowest BCUT2D eigenvalue weighted by molar-refractivity contribution is -0.118. The van der Waals surface area contributed by atoms with Crippen LogP contribution in [0.3, 0.4) is 0 Å². The van der Waals surface area contributed by atoms with E-state index in [4.69, 9.17) is 5.73 Å². The number of carbonyl (C=O) groups is 1. The first-order chi connectivity index (χ1) is 6.50. The fourth-order valence-electron chi connectivity index (χ4n) is 0.910. The van der Waals surface area contributed by atoms with E-state index in [1.54, 1.807) is 18.2 Å². The molecule has 0 saturated carbocycles. The Morgan fingerprint density at radius 1 is 1.50 bits per heavy atom. The van der Waals surface area contributed by atoms with E-state index in [1.165, 1.54) is 0 Å². The normalized spacial score (nSPS) is 10.3. The highest BCUT2D eigenvalue weighted by atomic mass is 79.9. The molecule has 0 heterocycles. The summed E-state index contributed by atoms with van der Waals surface area (Å²) in [6.07, 6.45) is 0. The summed E-state index contributed by atoms with van der Waals surface area (Å²) in [6, 6.07) is 5.29. The standard InChI is InChI=1S/C10H13BrN2O/c1-6(2)10(14)13-9-4-3-7(12)5-8(9)11/h3-6H,12H2,1-2H3,(H,13,14). The Morgan fingerprint density at radius 3 is 2.64 bits per heavy atom. The number of nitrogens with two attached hydrogens (primary N) is 1. The zero-order chi connectivity index (χ0) is 10.7. The van der Waals surface area contributed by atoms with Crippen LogP contribution in [-0.4, -0.2) is 5.91 Å². The highest BCUT2D eigenvalue weighted by Crippen LogP contribution is 2.24. The van der Waals surface area contributed by atoms with E-state index in [1.807, 2.05) is 13.8 Å². The smallest absolute Gasteiger partial charge is 0.226 e. The number of benzene rings is 1. The van der Waals surface area contributed by atoms with Gasteiger partial charge in [0.1, 0.15) is 0 Å². The van der Waals surface area contributed by atoms with Crippen LogP contribution in [0.5, 0.6) is 0 Å². The molecule has 4 heteroatoms. The third-order valence-corrected chi connectivity index (χ3v) is 2.43. The van der Waals surface area contributed by atoms with Crippen molar-refractivity contribution in [3.8, 4) is 0 Å². The van der Waals surface area contributed by atoms with Gasteiger partial charge in [0.25, 0.3) is 0 Å². The highest BCUT2D eigenvalue weighted by molar-refractivity contribution is 9.10. The maximum atomic E-state index is 11.4. The van der Waals surface area contributed by atoms with Crippen LogP contribution in [0, 0.1) is 5.92 Å². The van der Waals surface area contributed by atoms with Crippen molar-refractivity contribution < 1.29 is 4.79 Å². The van der Waals surface area contributed by atoms with Crippen molar-refractivity contribution in [2.24, 2.45) is 5.92 Å². The van der Waals surface area contributed by atoms with Gasteiger partial charge in [-0.05, 0) is 34.1 Å². The summed E-state index contributed by atoms with van der Waals surface area (Å²) in [5.41, 5.74) is 6.99. The first-order valence-corrected chi connectivity index (χ1v) is 5.16. The molecule has 0 unspecified atom stereocenters. The molecule has 1 aromatic rings. The van der Waals surface area contributed by atoms with Crippen molar-refractivity contribution in [2.45, 2.75) is 13.8 Å². The Bertz CT molecular complexity index is 350. The summed E-state index contributed by atoms with van der Waals surface area (Å²) in [4.78, 5) is 11.4. The summed E-state index contributed by atoms with van der Waals surface area (Å²) in [5, 5.41) is 2.80. The average Bonchev–Trinajstić information content (AvgIpc) is 2.09. The van der Waals surface area contributed by atoms with Gasteiger partial charge in [0.15, 0.2) is 0 Å². The van der Waals surface area contributed by atoms with Gasteiger partial charge in [0, 0.05) is 16.1 Å². The van der Waals surface area contributed by atoms with Crippen LogP contribution in [0.2, 0.25) is 0 Å². The Labute approximate surface area is 91.8 Å². The summed E-state index contributed by atoms with van der Waals surface area (Å²) in [6.45, 7) is 3.70. The van der Waals surface area contributed by atoms with Crippen molar-refractivity contribution in [3.05, 3.63) is 22.7 Å². The summed E-state index contributed by atoms with van der Waals surface area (Å²) in [7, 11) is 0. The van der Waals surface area contributed by atoms with Crippen molar-refractivity contribution >= 4 is 33.2 Å². The molecule has 14 heavy (non-hydrogen) atoms. The SMILES string of the molecule is CC(C)C(=O)Nc1ccc(N)cc1Br. The third-order valence-electron chi connectivity index (χ3n) is 1.78. The van der Waals surface area contributed by atoms with E-state index >= 15 is 0 Å². The first kappa shape index (κ1) is 11.0. The topological polar surface area (TPSA) is 55.1 Å². The third kappa shape index (κ3) is 2.73. The van der Waals surface area contributed by atoms with E-state index in [-0.39, 0.29) is 11.8 Å². The molecule has 0 bridgehead atoms. The molecular weight excluding hydrogens is 244 g/mol. The van der Waals surface area contributed by atoms with Gasteiger partial charge in [-0.2, -0.15) is 0 Å². The Morgan fingerprint density at radius 2 is 2.14 bits per heavy atom. The van der Waals surface area contributed by atoms with E-state index < -0.39 is 0 Å². The first-order valence-electron chi connectivity index (χ1n) is 4.36. The van der Waals surface area contributed by atoms with Gasteiger partial charge in [-0.25, -0.2) is 0 Å². The molecule has 1 aromatic carbocycles. The molecule has 0 atom stereocenters. The molecule has 1 amide bonds. The maximum Gasteiger partial charge on any atom is 0.226 e. The second-order valence-electron chi connectivity index (χ2n) is 3.38. The van der Waals surface area contributed by atoms with E-state index in [0.717, 1.165) is 10.2 Å². The van der Waals surface area contributed by atoms with Gasteiger partial charge in [-0.15, -0.1) is 0 Å². The average molecular weight is 257 g/mol. The van der Waals surface area contributed by atoms with Gasteiger partial charge in [-0.1, -0.05) is 13.8 Å². The van der Waals surface area contributed by atoms with Crippen molar-refractivity contribution in [2.75, 3.05) is 11.1 Å². The van der Waals surface area contributed by atoms with Crippen LogP contribution >= 0.6 is 15.9 Å². The minimum atomic E-state index is -0.0283. The fourth-order valence-corrected chi connectivity index (χ4v) is 1.41. The highest BCUT2D eigenvalue weighted by Gasteiger charge is 2.08. The minimum absolute atomic E-state index is 0.00419. The molecule has 0 radical (unpaired) electrons. The number of carbonyl (C=O) groups excluding carboxylic acids is 1. The van der Waals surface area contributed by atoms with E-state index in [0.29, 0.717) is 5.69 Å². The Hall–Kier alpha value is -1.03. The molecule has 0 aromatic heterocycles. The number of hydrogen-bond acceptors (Lipinski definition) is 2. The van der Waals surface area contributed by atoms with Gasteiger partial charge < -0.3 is 11.1 Å². The predicted molar refractivity (Wildman–Crippen MR) is 62.0 cm³/mol. The number of halogens is 1. The van der Waals surface area contributed by atoms with Crippen molar-refractivity contribution in [1.82, 2.24) is 0 Å².